The number of rotatable bonds is 4. The van der Waals surface area contributed by atoms with E-state index in [1.165, 1.54) is 12.1 Å². The van der Waals surface area contributed by atoms with E-state index in [0.29, 0.717) is 16.8 Å². The van der Waals surface area contributed by atoms with Crippen LogP contribution in [0.1, 0.15) is 16.7 Å². The molecule has 120 valence electrons. The van der Waals surface area contributed by atoms with Gasteiger partial charge in [0.2, 0.25) is 0 Å². The Labute approximate surface area is 139 Å². The van der Waals surface area contributed by atoms with Crippen LogP contribution in [0.15, 0.2) is 48.0 Å². The summed E-state index contributed by atoms with van der Waals surface area (Å²) in [6.45, 7) is 3.55. The molecular weight excluding hydrogens is 306 g/mol. The van der Waals surface area contributed by atoms with Gasteiger partial charge in [-0.05, 0) is 37.6 Å². The Morgan fingerprint density at radius 1 is 1.21 bits per heavy atom. The molecule has 0 aromatic heterocycles. The van der Waals surface area contributed by atoms with E-state index in [0.717, 1.165) is 5.56 Å². The molecule has 0 aliphatic heterocycles. The fourth-order valence-corrected chi connectivity index (χ4v) is 2.06. The maximum absolute atomic E-state index is 12.2. The highest BCUT2D eigenvalue weighted by atomic mass is 16.6. The molecule has 2 aromatic rings. The first-order valence-electron chi connectivity index (χ1n) is 7.15. The van der Waals surface area contributed by atoms with Crippen LogP contribution >= 0.6 is 0 Å². The van der Waals surface area contributed by atoms with Crippen molar-refractivity contribution in [2.75, 3.05) is 5.32 Å². The Kier molecular flexibility index (Phi) is 5.07. The minimum atomic E-state index is -0.565. The van der Waals surface area contributed by atoms with Gasteiger partial charge in [-0.2, -0.15) is 5.26 Å². The molecule has 2 rings (SSSR count). The number of benzene rings is 2. The summed E-state index contributed by atoms with van der Waals surface area (Å²) in [6.07, 6.45) is 1.33. The zero-order valence-electron chi connectivity index (χ0n) is 13.2. The molecule has 0 radical (unpaired) electrons. The number of aryl methyl sites for hydroxylation is 2. The number of nitro groups is 1. The lowest BCUT2D eigenvalue weighted by Gasteiger charge is -2.05. The topological polar surface area (TPSA) is 96.0 Å². The van der Waals surface area contributed by atoms with E-state index in [4.69, 9.17) is 0 Å². The van der Waals surface area contributed by atoms with Crippen LogP contribution in [0, 0.1) is 35.3 Å². The smallest absolute Gasteiger partial charge is 0.272 e. The maximum atomic E-state index is 12.2. The lowest BCUT2D eigenvalue weighted by atomic mass is 10.1. The molecule has 1 N–H and O–H groups in total. The molecule has 0 aliphatic carbocycles. The zero-order chi connectivity index (χ0) is 17.7. The largest absolute Gasteiger partial charge is 0.321 e. The van der Waals surface area contributed by atoms with Gasteiger partial charge in [-0.25, -0.2) is 0 Å². The van der Waals surface area contributed by atoms with Crippen molar-refractivity contribution in [3.05, 3.63) is 74.8 Å². The molecular formula is C18H15N3O3. The van der Waals surface area contributed by atoms with Crippen molar-refractivity contribution in [3.63, 3.8) is 0 Å². The zero-order valence-corrected chi connectivity index (χ0v) is 13.2. The minimum absolute atomic E-state index is 0.0556. The van der Waals surface area contributed by atoms with Crippen LogP contribution in [0.4, 0.5) is 11.4 Å². The second kappa shape index (κ2) is 7.20. The van der Waals surface area contributed by atoms with Gasteiger partial charge in [0.05, 0.1) is 4.92 Å². The Bertz CT molecular complexity index is 862. The summed E-state index contributed by atoms with van der Waals surface area (Å²) in [4.78, 5) is 22.7. The fraction of sp³-hybridized carbons (Fsp3) is 0.111. The molecule has 6 nitrogen and oxygen atoms in total. The number of nitrogens with zero attached hydrogens (tertiary/aromatic N) is 2. The van der Waals surface area contributed by atoms with Crippen LogP contribution in [-0.2, 0) is 4.79 Å². The van der Waals surface area contributed by atoms with Crippen molar-refractivity contribution >= 4 is 23.4 Å². The second-order valence-corrected chi connectivity index (χ2v) is 5.29. The molecule has 0 spiro atoms. The van der Waals surface area contributed by atoms with Gasteiger partial charge in [0.25, 0.3) is 11.6 Å². The first-order chi connectivity index (χ1) is 11.4. The first-order valence-corrected chi connectivity index (χ1v) is 7.15. The van der Waals surface area contributed by atoms with Crippen molar-refractivity contribution in [1.29, 1.82) is 5.26 Å². The van der Waals surface area contributed by atoms with E-state index in [-0.39, 0.29) is 11.3 Å². The number of nitro benzene ring substituents is 1. The molecule has 24 heavy (non-hydrogen) atoms. The van der Waals surface area contributed by atoms with Gasteiger partial charge in [-0.1, -0.05) is 29.8 Å². The third-order valence-corrected chi connectivity index (χ3v) is 3.42. The third kappa shape index (κ3) is 4.05. The molecule has 1 amide bonds. The monoisotopic (exact) mass is 321 g/mol. The van der Waals surface area contributed by atoms with Crippen LogP contribution < -0.4 is 5.32 Å². The van der Waals surface area contributed by atoms with E-state index in [1.54, 1.807) is 31.2 Å². The van der Waals surface area contributed by atoms with E-state index < -0.39 is 10.8 Å². The van der Waals surface area contributed by atoms with Gasteiger partial charge in [0.15, 0.2) is 0 Å². The lowest BCUT2D eigenvalue weighted by molar-refractivity contribution is -0.385. The summed E-state index contributed by atoms with van der Waals surface area (Å²) in [7, 11) is 0. The van der Waals surface area contributed by atoms with Gasteiger partial charge in [0.1, 0.15) is 11.6 Å². The summed E-state index contributed by atoms with van der Waals surface area (Å²) in [6, 6.07) is 13.5. The van der Waals surface area contributed by atoms with Gasteiger partial charge >= 0.3 is 0 Å². The second-order valence-electron chi connectivity index (χ2n) is 5.29. The molecule has 0 fully saturated rings. The van der Waals surface area contributed by atoms with Gasteiger partial charge in [-0.15, -0.1) is 0 Å². The number of nitrogens with one attached hydrogen (secondary N) is 1. The van der Waals surface area contributed by atoms with Crippen molar-refractivity contribution in [3.8, 4) is 6.07 Å². The summed E-state index contributed by atoms with van der Waals surface area (Å²) in [5, 5.41) is 22.8. The lowest BCUT2D eigenvalue weighted by Crippen LogP contribution is -2.13. The Hall–Kier alpha value is -3.46. The molecule has 0 aliphatic rings. The average molecular weight is 321 g/mol. The minimum Gasteiger partial charge on any atom is -0.321 e. The van der Waals surface area contributed by atoms with Gasteiger partial charge in [-0.3, -0.25) is 14.9 Å². The number of hydrogen-bond donors (Lipinski definition) is 1. The van der Waals surface area contributed by atoms with Crippen molar-refractivity contribution in [2.24, 2.45) is 0 Å². The first kappa shape index (κ1) is 16.9. The highest BCUT2D eigenvalue weighted by molar-refractivity contribution is 6.09. The molecule has 0 bridgehead atoms. The molecule has 0 atom stereocenters. The van der Waals surface area contributed by atoms with Crippen molar-refractivity contribution in [1.82, 2.24) is 0 Å². The summed E-state index contributed by atoms with van der Waals surface area (Å²) >= 11 is 0. The molecule has 0 heterocycles. The molecule has 0 unspecified atom stereocenters. The highest BCUT2D eigenvalue weighted by Crippen LogP contribution is 2.21. The Balaban J connectivity index is 2.27. The van der Waals surface area contributed by atoms with Crippen LogP contribution in [0.5, 0.6) is 0 Å². The fourth-order valence-electron chi connectivity index (χ4n) is 2.06. The highest BCUT2D eigenvalue weighted by Gasteiger charge is 2.13. The number of nitriles is 1. The average Bonchev–Trinajstić information content (AvgIpc) is 2.55. The predicted octanol–water partition coefficient (Wildman–Crippen LogP) is 3.76. The standard InChI is InChI=1S/C18H15N3O3/c1-12-3-7-16(8-4-12)20-18(22)15(11-19)9-14-6-5-13(2)17(10-14)21(23)24/h3-10H,1-2H3,(H,20,22)/b15-9+. The molecule has 2 aromatic carbocycles. The number of amides is 1. The maximum Gasteiger partial charge on any atom is 0.272 e. The van der Waals surface area contributed by atoms with Crippen LogP contribution in [0.3, 0.4) is 0 Å². The third-order valence-electron chi connectivity index (χ3n) is 3.42. The molecule has 0 saturated heterocycles. The molecule has 6 heteroatoms. The number of hydrogen-bond acceptors (Lipinski definition) is 4. The Morgan fingerprint density at radius 3 is 2.46 bits per heavy atom. The quantitative estimate of drug-likeness (QED) is 0.401. The number of carbonyl (C=O) groups is 1. The number of carbonyl (C=O) groups excluding carboxylic acids is 1. The summed E-state index contributed by atoms with van der Waals surface area (Å²) < 4.78 is 0. The van der Waals surface area contributed by atoms with Crippen LogP contribution in [-0.4, -0.2) is 10.8 Å². The summed E-state index contributed by atoms with van der Waals surface area (Å²) in [5.74, 6) is -0.565. The van der Waals surface area contributed by atoms with E-state index in [1.807, 2.05) is 25.1 Å². The SMILES string of the molecule is Cc1ccc(NC(=O)/C(C#N)=C/c2ccc(C)c([N+](=O)[O-])c2)cc1. The van der Waals surface area contributed by atoms with Crippen LogP contribution in [0.25, 0.3) is 6.08 Å². The van der Waals surface area contributed by atoms with Gasteiger partial charge in [0, 0.05) is 17.3 Å². The van der Waals surface area contributed by atoms with Crippen molar-refractivity contribution in [2.45, 2.75) is 13.8 Å². The van der Waals surface area contributed by atoms with Crippen LogP contribution in [0.2, 0.25) is 0 Å². The summed E-state index contributed by atoms with van der Waals surface area (Å²) in [5.41, 5.74) is 2.37. The van der Waals surface area contributed by atoms with E-state index >= 15 is 0 Å². The number of anilines is 1. The van der Waals surface area contributed by atoms with E-state index in [9.17, 15) is 20.2 Å². The predicted molar refractivity (Wildman–Crippen MR) is 91.2 cm³/mol. The van der Waals surface area contributed by atoms with Gasteiger partial charge < -0.3 is 5.32 Å². The van der Waals surface area contributed by atoms with E-state index in [2.05, 4.69) is 5.32 Å². The van der Waals surface area contributed by atoms with Crippen molar-refractivity contribution < 1.29 is 9.72 Å². The normalized spacial score (nSPS) is 10.8. The Morgan fingerprint density at radius 2 is 1.88 bits per heavy atom. The molecule has 0 saturated carbocycles.